The second kappa shape index (κ2) is 9.82. The van der Waals surface area contributed by atoms with E-state index in [0.717, 1.165) is 33.3 Å². The van der Waals surface area contributed by atoms with Gasteiger partial charge in [0.05, 0.1) is 17.8 Å². The Kier molecular flexibility index (Phi) is 7.00. The fourth-order valence-electron chi connectivity index (χ4n) is 4.22. The van der Waals surface area contributed by atoms with E-state index in [-0.39, 0.29) is 12.8 Å². The minimum absolute atomic E-state index is 0.0183. The maximum absolute atomic E-state index is 14.6. The van der Waals surface area contributed by atoms with Gasteiger partial charge in [-0.2, -0.15) is 4.31 Å². The molecule has 11 heteroatoms. The summed E-state index contributed by atoms with van der Waals surface area (Å²) in [4.78, 5) is 29.6. The first kappa shape index (κ1) is 24.9. The monoisotopic (exact) mass is 501 g/mol. The molecule has 4 rings (SSSR count). The molecule has 1 aliphatic rings. The van der Waals surface area contributed by atoms with E-state index in [9.17, 15) is 22.0 Å². The normalized spacial score (nSPS) is 20.8. The number of halogens is 2. The van der Waals surface area contributed by atoms with Crippen molar-refractivity contribution in [2.24, 2.45) is 0 Å². The number of aromatic nitrogens is 4. The van der Waals surface area contributed by atoms with Crippen molar-refractivity contribution in [3.8, 4) is 11.3 Å². The van der Waals surface area contributed by atoms with E-state index in [2.05, 4.69) is 19.9 Å². The first-order valence-corrected chi connectivity index (χ1v) is 12.6. The Balaban J connectivity index is 1.56. The average Bonchev–Trinajstić information content (AvgIpc) is 3.14. The van der Waals surface area contributed by atoms with Crippen LogP contribution in [0.4, 0.5) is 8.78 Å². The van der Waals surface area contributed by atoms with Crippen LogP contribution in [0.15, 0.2) is 48.0 Å². The fraction of sp³-hybridized carbons (Fsp3) is 0.375. The van der Waals surface area contributed by atoms with Crippen LogP contribution >= 0.6 is 0 Å². The van der Waals surface area contributed by atoms with Gasteiger partial charge in [-0.3, -0.25) is 9.78 Å². The highest BCUT2D eigenvalue weighted by molar-refractivity contribution is 7.89. The van der Waals surface area contributed by atoms with Crippen molar-refractivity contribution in [1.29, 1.82) is 0 Å². The molecule has 0 unspecified atom stereocenters. The Morgan fingerprint density at radius 3 is 2.54 bits per heavy atom. The molecule has 3 aromatic heterocycles. The zero-order valence-electron chi connectivity index (χ0n) is 19.5. The van der Waals surface area contributed by atoms with Crippen LogP contribution in [0.1, 0.15) is 36.7 Å². The topological polar surface area (TPSA) is 106 Å². The second-order valence-electron chi connectivity index (χ2n) is 8.61. The molecule has 3 atom stereocenters. The van der Waals surface area contributed by atoms with Gasteiger partial charge in [0.2, 0.25) is 5.03 Å². The van der Waals surface area contributed by atoms with Gasteiger partial charge < -0.3 is 0 Å². The number of hydrogen-bond donors (Lipinski definition) is 0. The molecule has 1 fully saturated rings. The van der Waals surface area contributed by atoms with Gasteiger partial charge in [0.25, 0.3) is 10.0 Å². The summed E-state index contributed by atoms with van der Waals surface area (Å²) in [7, 11) is -4.52. The van der Waals surface area contributed by atoms with Gasteiger partial charge in [-0.05, 0) is 56.5 Å². The van der Waals surface area contributed by atoms with E-state index in [1.165, 1.54) is 13.0 Å². The number of rotatable bonds is 7. The molecule has 0 radical (unpaired) electrons. The van der Waals surface area contributed by atoms with Crippen LogP contribution in [-0.2, 0) is 21.2 Å². The molecule has 0 spiro atoms. The van der Waals surface area contributed by atoms with E-state index in [1.54, 1.807) is 25.5 Å². The van der Waals surface area contributed by atoms with Crippen LogP contribution in [0.2, 0.25) is 0 Å². The van der Waals surface area contributed by atoms with E-state index < -0.39 is 44.9 Å². The van der Waals surface area contributed by atoms with Gasteiger partial charge in [0.15, 0.2) is 11.6 Å². The summed E-state index contributed by atoms with van der Waals surface area (Å²) in [5.41, 5.74) is 3.07. The fourth-order valence-corrected chi connectivity index (χ4v) is 6.04. The predicted molar refractivity (Wildman–Crippen MR) is 124 cm³/mol. The van der Waals surface area contributed by atoms with Crippen molar-refractivity contribution in [1.82, 2.24) is 24.2 Å². The minimum Gasteiger partial charge on any atom is -0.298 e. The standard InChI is InChI=1S/C24H25F2N5O3S/c1-14-11-30-21(18-12-28-16(3)29-13-18)9-17(14)6-7-23(32)22-10-20(26)15(2)31(22)35(33,34)24-19(25)5-4-8-27-24/h4-5,8-9,11-13,15,20,22H,6-7,10H2,1-3H3/t15-,20+,22-/m0/s1. The molecule has 0 aromatic carbocycles. The molecule has 0 N–H and O–H groups in total. The third-order valence-corrected chi connectivity index (χ3v) is 8.16. The molecule has 3 aromatic rings. The summed E-state index contributed by atoms with van der Waals surface area (Å²) in [6, 6.07) is 1.71. The maximum Gasteiger partial charge on any atom is 0.264 e. The number of ketones is 1. The highest BCUT2D eigenvalue weighted by atomic mass is 32.2. The molecule has 0 bridgehead atoms. The molecule has 184 valence electrons. The van der Waals surface area contributed by atoms with Gasteiger partial charge in [0, 0.05) is 43.2 Å². The van der Waals surface area contributed by atoms with Gasteiger partial charge in [-0.1, -0.05) is 0 Å². The second-order valence-corrected chi connectivity index (χ2v) is 10.4. The Labute approximate surface area is 202 Å². The summed E-state index contributed by atoms with van der Waals surface area (Å²) < 4.78 is 56.0. The van der Waals surface area contributed by atoms with Gasteiger partial charge in [-0.25, -0.2) is 32.2 Å². The van der Waals surface area contributed by atoms with Crippen molar-refractivity contribution in [2.75, 3.05) is 0 Å². The molecular formula is C24H25F2N5O3S. The van der Waals surface area contributed by atoms with Gasteiger partial charge >= 0.3 is 0 Å². The largest absolute Gasteiger partial charge is 0.298 e. The number of pyridine rings is 2. The lowest BCUT2D eigenvalue weighted by atomic mass is 9.99. The number of carbonyl (C=O) groups is 1. The van der Waals surface area contributed by atoms with Crippen molar-refractivity contribution in [2.45, 2.75) is 63.3 Å². The van der Waals surface area contributed by atoms with E-state index in [1.807, 2.05) is 13.0 Å². The summed E-state index contributed by atoms with van der Waals surface area (Å²) in [6.45, 7) is 5.01. The van der Waals surface area contributed by atoms with E-state index >= 15 is 0 Å². The summed E-state index contributed by atoms with van der Waals surface area (Å²) in [5, 5.41) is -0.811. The lowest BCUT2D eigenvalue weighted by molar-refractivity contribution is -0.122. The number of hydrogen-bond acceptors (Lipinski definition) is 7. The number of alkyl halides is 1. The lowest BCUT2D eigenvalue weighted by Crippen LogP contribution is -2.45. The highest BCUT2D eigenvalue weighted by Crippen LogP contribution is 2.34. The Hall–Kier alpha value is -3.18. The first-order valence-electron chi connectivity index (χ1n) is 11.1. The van der Waals surface area contributed by atoms with Crippen LogP contribution in [0, 0.1) is 19.7 Å². The number of sulfonamides is 1. The summed E-state index contributed by atoms with van der Waals surface area (Å²) >= 11 is 0. The van der Waals surface area contributed by atoms with Crippen molar-refractivity contribution in [3.63, 3.8) is 0 Å². The van der Waals surface area contributed by atoms with Gasteiger partial charge in [-0.15, -0.1) is 0 Å². The zero-order chi connectivity index (χ0) is 25.3. The number of Topliss-reactive ketones (excluding diaryl/α,β-unsaturated/α-hetero) is 1. The average molecular weight is 502 g/mol. The smallest absolute Gasteiger partial charge is 0.264 e. The Morgan fingerprint density at radius 2 is 1.86 bits per heavy atom. The van der Waals surface area contributed by atoms with Gasteiger partial charge in [0.1, 0.15) is 12.0 Å². The molecule has 8 nitrogen and oxygen atoms in total. The molecule has 0 saturated carbocycles. The van der Waals surface area contributed by atoms with Crippen LogP contribution in [-0.4, -0.2) is 56.7 Å². The number of nitrogens with zero attached hydrogens (tertiary/aromatic N) is 5. The third kappa shape index (κ3) is 4.96. The molecule has 1 saturated heterocycles. The molecule has 0 aliphatic carbocycles. The molecule has 1 aliphatic heterocycles. The van der Waals surface area contributed by atoms with E-state index in [4.69, 9.17) is 0 Å². The SMILES string of the molecule is Cc1ncc(-c2cc(CCC(=O)[C@@H]3C[C@@H](F)[C@H](C)N3S(=O)(=O)c3ncccc3F)c(C)cn2)cn1. The van der Waals surface area contributed by atoms with Crippen molar-refractivity contribution >= 4 is 15.8 Å². The number of aryl methyl sites for hydroxylation is 3. The number of carbonyl (C=O) groups excluding carboxylic acids is 1. The van der Waals surface area contributed by atoms with E-state index in [0.29, 0.717) is 17.9 Å². The first-order chi connectivity index (χ1) is 16.6. The van der Waals surface area contributed by atoms with Crippen molar-refractivity contribution < 1.29 is 22.0 Å². The van der Waals surface area contributed by atoms with Crippen LogP contribution in [0.5, 0.6) is 0 Å². The molecule has 0 amide bonds. The summed E-state index contributed by atoms with van der Waals surface area (Å²) in [5.74, 6) is -0.852. The predicted octanol–water partition coefficient (Wildman–Crippen LogP) is 3.38. The molecular weight excluding hydrogens is 476 g/mol. The Bertz CT molecular complexity index is 1350. The van der Waals surface area contributed by atoms with Crippen LogP contribution in [0.3, 0.4) is 0 Å². The lowest BCUT2D eigenvalue weighted by Gasteiger charge is -2.26. The highest BCUT2D eigenvalue weighted by Gasteiger charge is 2.49. The van der Waals surface area contributed by atoms with Crippen LogP contribution < -0.4 is 0 Å². The molecule has 4 heterocycles. The zero-order valence-corrected chi connectivity index (χ0v) is 20.3. The van der Waals surface area contributed by atoms with Crippen LogP contribution in [0.25, 0.3) is 11.3 Å². The maximum atomic E-state index is 14.6. The minimum atomic E-state index is -4.52. The third-order valence-electron chi connectivity index (χ3n) is 6.23. The molecule has 35 heavy (non-hydrogen) atoms. The summed E-state index contributed by atoms with van der Waals surface area (Å²) in [6.07, 6.45) is 4.60. The quantitative estimate of drug-likeness (QED) is 0.489. The Morgan fingerprint density at radius 1 is 1.14 bits per heavy atom. The van der Waals surface area contributed by atoms with Crippen molar-refractivity contribution in [3.05, 3.63) is 65.8 Å².